The Labute approximate surface area is 99.6 Å². The monoisotopic (exact) mass is 230 g/mol. The van der Waals surface area contributed by atoms with Crippen LogP contribution in [0.5, 0.6) is 11.6 Å². The highest BCUT2D eigenvalue weighted by Crippen LogP contribution is 2.24. The summed E-state index contributed by atoms with van der Waals surface area (Å²) in [6.07, 6.45) is 1.58. The average molecular weight is 230 g/mol. The summed E-state index contributed by atoms with van der Waals surface area (Å²) < 4.78 is 5.66. The number of hydrogen-bond donors (Lipinski definition) is 2. The van der Waals surface area contributed by atoms with E-state index in [1.165, 1.54) is 5.56 Å². The average Bonchev–Trinajstić information content (AvgIpc) is 2.33. The zero-order valence-electron chi connectivity index (χ0n) is 9.77. The maximum atomic E-state index is 5.66. The fourth-order valence-electron chi connectivity index (χ4n) is 1.50. The summed E-state index contributed by atoms with van der Waals surface area (Å²) in [6.45, 7) is 4.03. The van der Waals surface area contributed by atoms with Crippen molar-refractivity contribution in [2.24, 2.45) is 5.84 Å². The first-order valence-electron chi connectivity index (χ1n) is 5.24. The zero-order valence-corrected chi connectivity index (χ0v) is 9.77. The van der Waals surface area contributed by atoms with Crippen LogP contribution in [0.3, 0.4) is 0 Å². The number of benzene rings is 1. The van der Waals surface area contributed by atoms with Gasteiger partial charge in [0.2, 0.25) is 11.8 Å². The van der Waals surface area contributed by atoms with E-state index in [4.69, 9.17) is 10.6 Å². The lowest BCUT2D eigenvalue weighted by Gasteiger charge is -2.08. The molecule has 2 aromatic rings. The van der Waals surface area contributed by atoms with Gasteiger partial charge in [-0.2, -0.15) is 4.98 Å². The quantitative estimate of drug-likeness (QED) is 0.624. The Kier molecular flexibility index (Phi) is 3.20. The van der Waals surface area contributed by atoms with Gasteiger partial charge in [-0.15, -0.1) is 0 Å². The van der Waals surface area contributed by atoms with Gasteiger partial charge in [-0.3, -0.25) is 5.43 Å². The van der Waals surface area contributed by atoms with Crippen LogP contribution < -0.4 is 16.0 Å². The summed E-state index contributed by atoms with van der Waals surface area (Å²) in [5.74, 6) is 6.79. The van der Waals surface area contributed by atoms with Crippen molar-refractivity contribution in [2.75, 3.05) is 5.43 Å². The van der Waals surface area contributed by atoms with Crippen LogP contribution in [0.25, 0.3) is 0 Å². The molecule has 5 heteroatoms. The van der Waals surface area contributed by atoms with Crippen LogP contribution in [0.2, 0.25) is 0 Å². The zero-order chi connectivity index (χ0) is 12.3. The molecule has 0 saturated carbocycles. The minimum absolute atomic E-state index is 0.326. The van der Waals surface area contributed by atoms with E-state index >= 15 is 0 Å². The molecule has 0 aliphatic heterocycles. The van der Waals surface area contributed by atoms with Crippen LogP contribution >= 0.6 is 0 Å². The second-order valence-electron chi connectivity index (χ2n) is 3.73. The second-order valence-corrected chi connectivity index (χ2v) is 3.73. The predicted molar refractivity (Wildman–Crippen MR) is 65.8 cm³/mol. The van der Waals surface area contributed by atoms with Crippen molar-refractivity contribution < 1.29 is 4.74 Å². The van der Waals surface area contributed by atoms with Gasteiger partial charge in [0, 0.05) is 12.3 Å². The molecule has 0 bridgehead atoms. The number of aryl methyl sites for hydroxylation is 2. The number of nitrogens with one attached hydrogen (secondary N) is 1. The molecule has 0 radical (unpaired) electrons. The van der Waals surface area contributed by atoms with E-state index in [9.17, 15) is 0 Å². The standard InChI is InChI=1S/C12H14N4O/c1-8-3-4-10(9(2)7-8)17-11-5-6-14-12(15-11)16-13/h3-7H,13H2,1-2H3,(H,14,15,16). The van der Waals surface area contributed by atoms with Gasteiger partial charge >= 0.3 is 0 Å². The number of hydrazine groups is 1. The van der Waals surface area contributed by atoms with Crippen LogP contribution in [0.15, 0.2) is 30.5 Å². The van der Waals surface area contributed by atoms with E-state index in [1.54, 1.807) is 12.3 Å². The van der Waals surface area contributed by atoms with Crippen LogP contribution in [0.4, 0.5) is 5.95 Å². The Balaban J connectivity index is 2.25. The van der Waals surface area contributed by atoms with Crippen LogP contribution in [0, 0.1) is 13.8 Å². The van der Waals surface area contributed by atoms with Crippen LogP contribution in [0.1, 0.15) is 11.1 Å². The minimum Gasteiger partial charge on any atom is -0.439 e. The molecule has 0 amide bonds. The van der Waals surface area contributed by atoms with Gasteiger partial charge in [-0.25, -0.2) is 10.8 Å². The molecule has 0 aliphatic carbocycles. The first kappa shape index (κ1) is 11.3. The van der Waals surface area contributed by atoms with Gasteiger partial charge in [-0.1, -0.05) is 17.7 Å². The first-order chi connectivity index (χ1) is 8.19. The Hall–Kier alpha value is -2.14. The molecular formula is C12H14N4O. The maximum absolute atomic E-state index is 5.66. The Bertz CT molecular complexity index is 528. The highest BCUT2D eigenvalue weighted by Gasteiger charge is 2.03. The molecule has 1 aromatic carbocycles. The summed E-state index contributed by atoms with van der Waals surface area (Å²) in [6, 6.07) is 7.65. The van der Waals surface area contributed by atoms with E-state index in [0.717, 1.165) is 11.3 Å². The number of nitrogens with zero attached hydrogens (tertiary/aromatic N) is 2. The third kappa shape index (κ3) is 2.70. The molecule has 0 aliphatic rings. The summed E-state index contributed by atoms with van der Waals surface area (Å²) in [5.41, 5.74) is 4.63. The van der Waals surface area contributed by atoms with E-state index in [0.29, 0.717) is 11.8 Å². The second kappa shape index (κ2) is 4.80. The van der Waals surface area contributed by atoms with E-state index < -0.39 is 0 Å². The summed E-state index contributed by atoms with van der Waals surface area (Å²) in [4.78, 5) is 7.99. The number of nitrogen functional groups attached to an aromatic ring is 1. The first-order valence-corrected chi connectivity index (χ1v) is 5.24. The number of rotatable bonds is 3. The summed E-state index contributed by atoms with van der Waals surface area (Å²) >= 11 is 0. The molecule has 88 valence electrons. The van der Waals surface area contributed by atoms with E-state index in [-0.39, 0.29) is 0 Å². The third-order valence-corrected chi connectivity index (χ3v) is 2.30. The maximum Gasteiger partial charge on any atom is 0.240 e. The number of nitrogens with two attached hydrogens (primary N) is 1. The Morgan fingerprint density at radius 1 is 1.24 bits per heavy atom. The van der Waals surface area contributed by atoms with Crippen LogP contribution in [-0.4, -0.2) is 9.97 Å². The van der Waals surface area contributed by atoms with Gasteiger partial charge in [-0.05, 0) is 25.5 Å². The topological polar surface area (TPSA) is 73.1 Å². The van der Waals surface area contributed by atoms with Crippen molar-refractivity contribution in [2.45, 2.75) is 13.8 Å². The van der Waals surface area contributed by atoms with Gasteiger partial charge in [0.05, 0.1) is 0 Å². The van der Waals surface area contributed by atoms with Gasteiger partial charge in [0.1, 0.15) is 5.75 Å². The molecular weight excluding hydrogens is 216 g/mol. The van der Waals surface area contributed by atoms with Crippen molar-refractivity contribution in [3.63, 3.8) is 0 Å². The molecule has 0 spiro atoms. The highest BCUT2D eigenvalue weighted by molar-refractivity contribution is 5.38. The summed E-state index contributed by atoms with van der Waals surface area (Å²) in [5, 5.41) is 0. The molecule has 1 aromatic heterocycles. The smallest absolute Gasteiger partial charge is 0.240 e. The normalized spacial score (nSPS) is 10.1. The number of anilines is 1. The van der Waals surface area contributed by atoms with E-state index in [1.807, 2.05) is 26.0 Å². The highest BCUT2D eigenvalue weighted by atomic mass is 16.5. The Morgan fingerprint density at radius 2 is 2.06 bits per heavy atom. The molecule has 3 N–H and O–H groups in total. The van der Waals surface area contributed by atoms with Crippen molar-refractivity contribution in [1.82, 2.24) is 9.97 Å². The lowest BCUT2D eigenvalue weighted by Crippen LogP contribution is -2.10. The number of ether oxygens (including phenoxy) is 1. The molecule has 17 heavy (non-hydrogen) atoms. The predicted octanol–water partition coefficient (Wildman–Crippen LogP) is 2.17. The number of aromatic nitrogens is 2. The molecule has 1 heterocycles. The largest absolute Gasteiger partial charge is 0.439 e. The lowest BCUT2D eigenvalue weighted by atomic mass is 10.1. The third-order valence-electron chi connectivity index (χ3n) is 2.30. The van der Waals surface area contributed by atoms with Crippen molar-refractivity contribution in [1.29, 1.82) is 0 Å². The molecule has 0 unspecified atom stereocenters. The fraction of sp³-hybridized carbons (Fsp3) is 0.167. The molecule has 5 nitrogen and oxygen atoms in total. The molecule has 2 rings (SSSR count). The Morgan fingerprint density at radius 3 is 2.76 bits per heavy atom. The lowest BCUT2D eigenvalue weighted by molar-refractivity contribution is 0.459. The SMILES string of the molecule is Cc1ccc(Oc2ccnc(NN)n2)c(C)c1. The van der Waals surface area contributed by atoms with Gasteiger partial charge < -0.3 is 4.74 Å². The van der Waals surface area contributed by atoms with Crippen molar-refractivity contribution >= 4 is 5.95 Å². The van der Waals surface area contributed by atoms with Gasteiger partial charge in [0.25, 0.3) is 0 Å². The molecule has 0 atom stereocenters. The van der Waals surface area contributed by atoms with Crippen molar-refractivity contribution in [3.05, 3.63) is 41.6 Å². The summed E-state index contributed by atoms with van der Waals surface area (Å²) in [7, 11) is 0. The van der Waals surface area contributed by atoms with E-state index in [2.05, 4.69) is 21.5 Å². The molecule has 0 saturated heterocycles. The molecule has 0 fully saturated rings. The fourth-order valence-corrected chi connectivity index (χ4v) is 1.50. The van der Waals surface area contributed by atoms with Crippen molar-refractivity contribution in [3.8, 4) is 11.6 Å². The number of hydrogen-bond acceptors (Lipinski definition) is 5. The van der Waals surface area contributed by atoms with Crippen LogP contribution in [-0.2, 0) is 0 Å². The minimum atomic E-state index is 0.326. The van der Waals surface area contributed by atoms with Gasteiger partial charge in [0.15, 0.2) is 0 Å².